The van der Waals surface area contributed by atoms with E-state index in [0.29, 0.717) is 12.4 Å². The average Bonchev–Trinajstić information content (AvgIpc) is 3.03. The first kappa shape index (κ1) is 19.5. The minimum Gasteiger partial charge on any atom is -0.350 e. The molecule has 3 rings (SSSR count). The Bertz CT molecular complexity index is 980. The summed E-state index contributed by atoms with van der Waals surface area (Å²) < 4.78 is 14.8. The van der Waals surface area contributed by atoms with Crippen molar-refractivity contribution in [1.29, 1.82) is 0 Å². The molecule has 0 unspecified atom stereocenters. The summed E-state index contributed by atoms with van der Waals surface area (Å²) in [6, 6.07) is 13.5. The van der Waals surface area contributed by atoms with E-state index in [1.807, 2.05) is 38.1 Å². The molecule has 0 atom stereocenters. The van der Waals surface area contributed by atoms with Gasteiger partial charge in [0.1, 0.15) is 18.2 Å². The molecule has 6 nitrogen and oxygen atoms in total. The van der Waals surface area contributed by atoms with E-state index in [9.17, 15) is 14.0 Å². The van der Waals surface area contributed by atoms with Gasteiger partial charge in [0, 0.05) is 12.5 Å². The molecule has 0 radical (unpaired) electrons. The van der Waals surface area contributed by atoms with Crippen molar-refractivity contribution in [2.24, 2.45) is 5.92 Å². The number of para-hydroxylation sites is 2. The summed E-state index contributed by atoms with van der Waals surface area (Å²) in [6.07, 6.45) is 0. The third-order valence-electron chi connectivity index (χ3n) is 4.38. The Morgan fingerprint density at radius 3 is 2.46 bits per heavy atom. The Morgan fingerprint density at radius 1 is 1.04 bits per heavy atom. The monoisotopic (exact) mass is 382 g/mol. The highest BCUT2D eigenvalue weighted by Gasteiger charge is 2.15. The molecule has 28 heavy (non-hydrogen) atoms. The zero-order chi connectivity index (χ0) is 20.1. The van der Waals surface area contributed by atoms with E-state index >= 15 is 0 Å². The lowest BCUT2D eigenvalue weighted by Crippen LogP contribution is -2.31. The maximum Gasteiger partial charge on any atom is 0.240 e. The Morgan fingerprint density at radius 2 is 1.75 bits per heavy atom. The Labute approximate surface area is 162 Å². The first-order chi connectivity index (χ1) is 13.4. The highest BCUT2D eigenvalue weighted by atomic mass is 19.1. The van der Waals surface area contributed by atoms with E-state index in [1.165, 1.54) is 12.1 Å². The predicted octanol–water partition coefficient (Wildman–Crippen LogP) is 2.76. The van der Waals surface area contributed by atoms with Crippen LogP contribution in [-0.4, -0.2) is 21.4 Å². The van der Waals surface area contributed by atoms with Gasteiger partial charge in [-0.05, 0) is 29.8 Å². The second-order valence-corrected chi connectivity index (χ2v) is 6.88. The number of fused-ring (bicyclic) bond motifs is 1. The smallest absolute Gasteiger partial charge is 0.240 e. The van der Waals surface area contributed by atoms with Crippen molar-refractivity contribution in [2.45, 2.75) is 33.5 Å². The fourth-order valence-electron chi connectivity index (χ4n) is 2.81. The van der Waals surface area contributed by atoms with Crippen LogP contribution in [0.4, 0.5) is 4.39 Å². The molecule has 0 bridgehead atoms. The molecule has 0 aliphatic carbocycles. The molecule has 0 fully saturated rings. The summed E-state index contributed by atoms with van der Waals surface area (Å²) in [7, 11) is 0. The molecule has 146 valence electrons. The van der Waals surface area contributed by atoms with Gasteiger partial charge in [0.05, 0.1) is 17.6 Å². The van der Waals surface area contributed by atoms with Crippen molar-refractivity contribution in [3.63, 3.8) is 0 Å². The van der Waals surface area contributed by atoms with E-state index in [4.69, 9.17) is 0 Å². The highest BCUT2D eigenvalue weighted by Crippen LogP contribution is 2.16. The van der Waals surface area contributed by atoms with Crippen LogP contribution in [0.1, 0.15) is 25.2 Å². The topological polar surface area (TPSA) is 76.0 Å². The number of hydrogen-bond acceptors (Lipinski definition) is 3. The van der Waals surface area contributed by atoms with E-state index in [1.54, 1.807) is 16.7 Å². The molecule has 3 aromatic rings. The largest absolute Gasteiger partial charge is 0.350 e. The normalized spacial score (nSPS) is 11.0. The molecule has 2 amide bonds. The van der Waals surface area contributed by atoms with E-state index in [0.717, 1.165) is 16.6 Å². The number of amides is 2. The molecule has 7 heteroatoms. The van der Waals surface area contributed by atoms with Crippen LogP contribution in [0, 0.1) is 11.7 Å². The van der Waals surface area contributed by atoms with Gasteiger partial charge in [-0.2, -0.15) is 0 Å². The SMILES string of the molecule is CC(C)C(=O)NCc1nc2ccccc2n1CC(=O)NCc1ccc(F)cc1. The summed E-state index contributed by atoms with van der Waals surface area (Å²) in [5.41, 5.74) is 2.41. The number of benzene rings is 2. The molecule has 0 aliphatic heterocycles. The zero-order valence-corrected chi connectivity index (χ0v) is 15.9. The molecular weight excluding hydrogens is 359 g/mol. The molecule has 0 aliphatic rings. The maximum absolute atomic E-state index is 13.0. The van der Waals surface area contributed by atoms with Crippen molar-refractivity contribution < 1.29 is 14.0 Å². The Hall–Kier alpha value is -3.22. The summed E-state index contributed by atoms with van der Waals surface area (Å²) >= 11 is 0. The maximum atomic E-state index is 13.0. The Kier molecular flexibility index (Phi) is 6.03. The van der Waals surface area contributed by atoms with Gasteiger partial charge in [0.2, 0.25) is 11.8 Å². The van der Waals surface area contributed by atoms with E-state index in [2.05, 4.69) is 15.6 Å². The lowest BCUT2D eigenvalue weighted by Gasteiger charge is -2.12. The second kappa shape index (κ2) is 8.65. The number of imidazole rings is 1. The van der Waals surface area contributed by atoms with Crippen LogP contribution < -0.4 is 10.6 Å². The zero-order valence-electron chi connectivity index (χ0n) is 15.9. The van der Waals surface area contributed by atoms with Gasteiger partial charge in [-0.25, -0.2) is 9.37 Å². The van der Waals surface area contributed by atoms with Crippen molar-refractivity contribution in [2.75, 3.05) is 0 Å². The van der Waals surface area contributed by atoms with Crippen LogP contribution in [0.15, 0.2) is 48.5 Å². The van der Waals surface area contributed by atoms with Gasteiger partial charge >= 0.3 is 0 Å². The number of nitrogens with zero attached hydrogens (tertiary/aromatic N) is 2. The quantitative estimate of drug-likeness (QED) is 0.660. The Balaban J connectivity index is 1.72. The standard InChI is InChI=1S/C21H23FN4O2/c1-14(2)21(28)24-12-19-25-17-5-3-4-6-18(17)26(19)13-20(27)23-11-15-7-9-16(22)10-8-15/h3-10,14H,11-13H2,1-2H3,(H,23,27)(H,24,28). The molecule has 1 heterocycles. The summed E-state index contributed by atoms with van der Waals surface area (Å²) in [6.45, 7) is 4.28. The van der Waals surface area contributed by atoms with Gasteiger partial charge in [-0.1, -0.05) is 38.1 Å². The number of carbonyl (C=O) groups excluding carboxylic acids is 2. The van der Waals surface area contributed by atoms with Crippen LogP contribution in [0.5, 0.6) is 0 Å². The molecular formula is C21H23FN4O2. The van der Waals surface area contributed by atoms with Gasteiger partial charge in [-0.3, -0.25) is 9.59 Å². The van der Waals surface area contributed by atoms with Crippen molar-refractivity contribution in [3.8, 4) is 0 Å². The van der Waals surface area contributed by atoms with Crippen molar-refractivity contribution in [1.82, 2.24) is 20.2 Å². The minimum atomic E-state index is -0.312. The van der Waals surface area contributed by atoms with E-state index in [-0.39, 0.29) is 36.6 Å². The minimum absolute atomic E-state index is 0.0700. The fraction of sp³-hybridized carbons (Fsp3) is 0.286. The summed E-state index contributed by atoms with van der Waals surface area (Å²) in [5, 5.41) is 5.68. The van der Waals surface area contributed by atoms with Gasteiger partial charge < -0.3 is 15.2 Å². The van der Waals surface area contributed by atoms with Crippen LogP contribution in [0.2, 0.25) is 0 Å². The number of nitrogens with one attached hydrogen (secondary N) is 2. The third-order valence-corrected chi connectivity index (χ3v) is 4.38. The van der Waals surface area contributed by atoms with Crippen molar-refractivity contribution in [3.05, 3.63) is 65.7 Å². The first-order valence-electron chi connectivity index (χ1n) is 9.17. The van der Waals surface area contributed by atoms with Crippen LogP contribution in [0.3, 0.4) is 0 Å². The number of halogens is 1. The molecule has 0 saturated carbocycles. The van der Waals surface area contributed by atoms with Gasteiger partial charge in [0.15, 0.2) is 0 Å². The number of hydrogen-bond donors (Lipinski definition) is 2. The summed E-state index contributed by atoms with van der Waals surface area (Å²) in [4.78, 5) is 28.9. The molecule has 2 N–H and O–H groups in total. The highest BCUT2D eigenvalue weighted by molar-refractivity contribution is 5.81. The van der Waals surface area contributed by atoms with Crippen LogP contribution in [-0.2, 0) is 29.2 Å². The average molecular weight is 382 g/mol. The lowest BCUT2D eigenvalue weighted by atomic mass is 10.2. The second-order valence-electron chi connectivity index (χ2n) is 6.88. The van der Waals surface area contributed by atoms with Gasteiger partial charge in [0.25, 0.3) is 0 Å². The van der Waals surface area contributed by atoms with E-state index < -0.39 is 0 Å². The predicted molar refractivity (Wildman–Crippen MR) is 105 cm³/mol. The molecule has 2 aromatic carbocycles. The third kappa shape index (κ3) is 4.73. The van der Waals surface area contributed by atoms with Gasteiger partial charge in [-0.15, -0.1) is 0 Å². The molecule has 0 spiro atoms. The lowest BCUT2D eigenvalue weighted by molar-refractivity contribution is -0.124. The van der Waals surface area contributed by atoms with Crippen molar-refractivity contribution >= 4 is 22.8 Å². The van der Waals surface area contributed by atoms with Crippen LogP contribution in [0.25, 0.3) is 11.0 Å². The fourth-order valence-corrected chi connectivity index (χ4v) is 2.81. The van der Waals surface area contributed by atoms with Crippen LogP contribution >= 0.6 is 0 Å². The molecule has 1 aromatic heterocycles. The number of carbonyl (C=O) groups is 2. The summed E-state index contributed by atoms with van der Waals surface area (Å²) in [5.74, 6) is -0.0831. The number of rotatable bonds is 7. The number of aromatic nitrogens is 2. The molecule has 0 saturated heterocycles. The first-order valence-corrected chi connectivity index (χ1v) is 9.17.